The molecule has 0 unspecified atom stereocenters. The highest BCUT2D eigenvalue weighted by Crippen LogP contribution is 2.62. The Bertz CT molecular complexity index is 3750. The number of rotatable bonds is 5. The lowest BCUT2D eigenvalue weighted by molar-refractivity contribution is 0.775. The van der Waals surface area contributed by atoms with Gasteiger partial charge >= 0.3 is 0 Å². The third-order valence-electron chi connectivity index (χ3n) is 14.8. The molecule has 3 aliphatic rings. The van der Waals surface area contributed by atoms with E-state index in [1.165, 1.54) is 83.5 Å². The van der Waals surface area contributed by atoms with Crippen molar-refractivity contribution >= 4 is 34.1 Å². The summed E-state index contributed by atoms with van der Waals surface area (Å²) in [5.74, 6) is 0. The fraction of sp³-hybridized carbons (Fsp3) is 0.0149. The van der Waals surface area contributed by atoms with Crippen molar-refractivity contribution in [3.05, 3.63) is 289 Å². The summed E-state index contributed by atoms with van der Waals surface area (Å²) in [6.07, 6.45) is 0. The van der Waals surface area contributed by atoms with Crippen LogP contribution in [0.25, 0.3) is 66.8 Å². The highest BCUT2D eigenvalue weighted by molar-refractivity contribution is 6.05. The van der Waals surface area contributed by atoms with E-state index in [1.807, 2.05) is 0 Å². The summed E-state index contributed by atoms with van der Waals surface area (Å²) in [6.45, 7) is 0. The molecule has 322 valence electrons. The van der Waals surface area contributed by atoms with Crippen LogP contribution < -0.4 is 9.80 Å². The van der Waals surface area contributed by atoms with E-state index in [4.69, 9.17) is 0 Å². The van der Waals surface area contributed by atoms with E-state index in [9.17, 15) is 0 Å². The van der Waals surface area contributed by atoms with Gasteiger partial charge in [-0.2, -0.15) is 0 Å². The van der Waals surface area contributed by atoms with Gasteiger partial charge in [-0.05, 0) is 127 Å². The van der Waals surface area contributed by atoms with Gasteiger partial charge in [0.2, 0.25) is 0 Å². The quantitative estimate of drug-likeness (QED) is 0.170. The summed E-state index contributed by atoms with van der Waals surface area (Å²) >= 11 is 0. The van der Waals surface area contributed by atoms with E-state index in [0.29, 0.717) is 0 Å². The first-order valence-electron chi connectivity index (χ1n) is 23.9. The van der Waals surface area contributed by atoms with E-state index in [-0.39, 0.29) is 0 Å². The second kappa shape index (κ2) is 15.6. The van der Waals surface area contributed by atoms with Crippen molar-refractivity contribution in [2.75, 3.05) is 9.80 Å². The van der Waals surface area contributed by atoms with E-state index in [1.54, 1.807) is 0 Å². The van der Waals surface area contributed by atoms with E-state index in [2.05, 4.69) is 277 Å². The monoisotopic (exact) mass is 876 g/mol. The van der Waals surface area contributed by atoms with Gasteiger partial charge in [0.15, 0.2) is 0 Å². The Labute approximate surface area is 403 Å². The number of nitrogens with zero attached hydrogens (tertiary/aromatic N) is 2. The molecule has 11 aromatic carbocycles. The lowest BCUT2D eigenvalue weighted by Crippen LogP contribution is -2.29. The summed E-state index contributed by atoms with van der Waals surface area (Å²) in [7, 11) is 0. The molecule has 0 saturated heterocycles. The number of hydrogen-bond acceptors (Lipinski definition) is 2. The fourth-order valence-electron chi connectivity index (χ4n) is 12.0. The fourth-order valence-corrected chi connectivity index (χ4v) is 12.0. The van der Waals surface area contributed by atoms with Crippen LogP contribution in [-0.2, 0) is 5.41 Å². The molecule has 0 aromatic heterocycles. The number of fused-ring (bicyclic) bond motifs is 17. The number of para-hydroxylation sites is 4. The third kappa shape index (κ3) is 5.79. The van der Waals surface area contributed by atoms with Gasteiger partial charge in [-0.15, -0.1) is 0 Å². The Kier molecular flexibility index (Phi) is 8.84. The van der Waals surface area contributed by atoms with Gasteiger partial charge < -0.3 is 9.80 Å². The molecular weight excluding hydrogens is 833 g/mol. The molecular formula is C67H44N2. The third-order valence-corrected chi connectivity index (χ3v) is 14.8. The predicted octanol–water partition coefficient (Wildman–Crippen LogP) is 18.0. The summed E-state index contributed by atoms with van der Waals surface area (Å²) in [4.78, 5) is 4.92. The van der Waals surface area contributed by atoms with Crippen LogP contribution in [0.1, 0.15) is 22.3 Å². The van der Waals surface area contributed by atoms with Crippen LogP contribution in [0.15, 0.2) is 267 Å². The van der Waals surface area contributed by atoms with Crippen LogP contribution in [0, 0.1) is 0 Å². The van der Waals surface area contributed by atoms with Gasteiger partial charge in [-0.25, -0.2) is 0 Å². The van der Waals surface area contributed by atoms with Gasteiger partial charge in [-0.3, -0.25) is 0 Å². The largest absolute Gasteiger partial charge is 0.310 e. The van der Waals surface area contributed by atoms with Crippen molar-refractivity contribution in [2.24, 2.45) is 0 Å². The molecule has 1 aliphatic heterocycles. The van der Waals surface area contributed by atoms with E-state index in [0.717, 1.165) is 39.7 Å². The zero-order chi connectivity index (χ0) is 45.5. The van der Waals surface area contributed by atoms with Crippen LogP contribution >= 0.6 is 0 Å². The lowest BCUT2D eigenvalue weighted by Gasteiger charge is -2.35. The molecule has 14 rings (SSSR count). The highest BCUT2D eigenvalue weighted by atomic mass is 15.2. The number of benzene rings is 11. The van der Waals surface area contributed by atoms with Crippen LogP contribution in [0.5, 0.6) is 0 Å². The molecule has 0 fully saturated rings. The molecule has 2 nitrogen and oxygen atoms in total. The summed E-state index contributed by atoms with van der Waals surface area (Å²) in [6, 6.07) is 98.9. The van der Waals surface area contributed by atoms with Crippen LogP contribution in [0.4, 0.5) is 34.1 Å². The minimum absolute atomic E-state index is 0.560. The van der Waals surface area contributed by atoms with Gasteiger partial charge in [0, 0.05) is 33.8 Å². The summed E-state index contributed by atoms with van der Waals surface area (Å²) < 4.78 is 0. The van der Waals surface area contributed by atoms with Crippen molar-refractivity contribution < 1.29 is 0 Å². The molecule has 1 spiro atoms. The average molecular weight is 877 g/mol. The number of anilines is 6. The van der Waals surface area contributed by atoms with Crippen molar-refractivity contribution in [3.63, 3.8) is 0 Å². The minimum Gasteiger partial charge on any atom is -0.310 e. The molecule has 0 radical (unpaired) electrons. The minimum atomic E-state index is -0.560. The second-order valence-corrected chi connectivity index (χ2v) is 18.3. The molecule has 2 heteroatoms. The van der Waals surface area contributed by atoms with Gasteiger partial charge in [0.1, 0.15) is 0 Å². The maximum atomic E-state index is 2.50. The summed E-state index contributed by atoms with van der Waals surface area (Å²) in [5, 5.41) is 0. The first-order chi connectivity index (χ1) is 34.3. The Morgan fingerprint density at radius 3 is 1.25 bits per heavy atom. The molecule has 11 aromatic rings. The van der Waals surface area contributed by atoms with Crippen molar-refractivity contribution in [1.82, 2.24) is 0 Å². The Morgan fingerprint density at radius 2 is 0.652 bits per heavy atom. The molecule has 0 atom stereocenters. The van der Waals surface area contributed by atoms with Crippen LogP contribution in [0.3, 0.4) is 0 Å². The standard InChI is InChI=1S/C67H44N2/c1-3-21-45(22-4-1)49-25-12-18-36-64(49)68(47-39-41-52-56-31-13-19-37-65(56)69(46-23-5-2-6-24-46)66-38-20-14-32-57(66)58(52)43-47)48-40-42-63-59(44-48)55-30-11-17-35-62(55)67(63)60-33-15-9-28-53(60)50-26-7-8-27-51(50)54-29-10-16-34-61(54)67/h1-44H. The zero-order valence-corrected chi connectivity index (χ0v) is 37.8. The molecule has 1 heterocycles. The summed E-state index contributed by atoms with van der Waals surface area (Å²) in [5.41, 5.74) is 26.1. The van der Waals surface area contributed by atoms with Gasteiger partial charge in [0.25, 0.3) is 0 Å². The molecule has 2 aliphatic carbocycles. The molecule has 0 N–H and O–H groups in total. The maximum Gasteiger partial charge on any atom is 0.0725 e. The Hall–Kier alpha value is -8.98. The zero-order valence-electron chi connectivity index (χ0n) is 37.8. The molecule has 0 bridgehead atoms. The lowest BCUT2D eigenvalue weighted by atomic mass is 9.66. The molecule has 0 amide bonds. The van der Waals surface area contributed by atoms with Crippen molar-refractivity contribution in [2.45, 2.75) is 5.41 Å². The first-order valence-corrected chi connectivity index (χ1v) is 23.9. The topological polar surface area (TPSA) is 6.48 Å². The van der Waals surface area contributed by atoms with Crippen molar-refractivity contribution in [1.29, 1.82) is 0 Å². The van der Waals surface area contributed by atoms with Crippen molar-refractivity contribution in [3.8, 4) is 66.8 Å². The average Bonchev–Trinajstić information content (AvgIpc) is 3.58. The molecule has 0 saturated carbocycles. The predicted molar refractivity (Wildman–Crippen MR) is 287 cm³/mol. The van der Waals surface area contributed by atoms with Gasteiger partial charge in [-0.1, -0.05) is 212 Å². The normalized spacial score (nSPS) is 13.0. The SMILES string of the molecule is c1ccc(-c2ccccc2N(c2ccc3c(c2)-c2ccccc2N(c2ccccc2)c2ccccc2-3)c2ccc3c(c2)-c2ccccc2C32c3ccccc3-c3ccccc3-c3ccccc32)cc1. The van der Waals surface area contributed by atoms with E-state index < -0.39 is 5.41 Å². The van der Waals surface area contributed by atoms with Crippen LogP contribution in [0.2, 0.25) is 0 Å². The molecule has 69 heavy (non-hydrogen) atoms. The maximum absolute atomic E-state index is 2.50. The second-order valence-electron chi connectivity index (χ2n) is 18.3. The highest BCUT2D eigenvalue weighted by Gasteiger charge is 2.49. The first kappa shape index (κ1) is 39.2. The van der Waals surface area contributed by atoms with Gasteiger partial charge in [0.05, 0.1) is 22.5 Å². The smallest absolute Gasteiger partial charge is 0.0725 e. The number of hydrogen-bond donors (Lipinski definition) is 0. The van der Waals surface area contributed by atoms with E-state index >= 15 is 0 Å². The van der Waals surface area contributed by atoms with Crippen LogP contribution in [-0.4, -0.2) is 0 Å². The Balaban J connectivity index is 1.04. The Morgan fingerprint density at radius 1 is 0.261 bits per heavy atom.